The van der Waals surface area contributed by atoms with E-state index in [1.54, 1.807) is 5.92 Å². The second-order valence-corrected chi connectivity index (χ2v) is 3.88. The molecule has 1 atom stereocenters. The Morgan fingerprint density at radius 2 is 2.00 bits per heavy atom. The first-order valence-corrected chi connectivity index (χ1v) is 4.58. The Hall–Kier alpha value is 1.06. The minimum Gasteiger partial charge on any atom is -0.375 e. The number of hydrogen-bond donors (Lipinski definition) is 1. The Balaban J connectivity index is 0.00000121. The average Bonchev–Trinajstić information content (AvgIpc) is 1.81. The van der Waals surface area contributed by atoms with Crippen molar-refractivity contribution in [3.05, 3.63) is 12.8 Å². The molecule has 0 aromatic rings. The van der Waals surface area contributed by atoms with Gasteiger partial charge >= 0.3 is 0 Å². The number of hydrogen-bond acceptors (Lipinski definition) is 1. The van der Waals surface area contributed by atoms with E-state index in [1.165, 1.54) is 6.42 Å². The van der Waals surface area contributed by atoms with Crippen molar-refractivity contribution in [3.8, 4) is 0 Å². The molecule has 0 bridgehead atoms. The monoisotopic (exact) mass is 242 g/mol. The van der Waals surface area contributed by atoms with Crippen molar-refractivity contribution in [1.82, 2.24) is 5.32 Å². The zero-order chi connectivity index (χ0) is 8.27. The zero-order valence-electron chi connectivity index (χ0n) is 8.27. The van der Waals surface area contributed by atoms with Crippen molar-refractivity contribution in [2.45, 2.75) is 26.7 Å². The zero-order valence-corrected chi connectivity index (χ0v) is 11.1. The van der Waals surface area contributed by atoms with Gasteiger partial charge in [-0.1, -0.05) is 20.3 Å². The summed E-state index contributed by atoms with van der Waals surface area (Å²) < 4.78 is 0. The summed E-state index contributed by atoms with van der Waals surface area (Å²) in [5.41, 5.74) is 0. The topological polar surface area (TPSA) is 12.0 Å². The molecule has 1 unspecified atom stereocenters. The van der Waals surface area contributed by atoms with Crippen LogP contribution in [0.5, 0.6) is 0 Å². The molecule has 1 heterocycles. The van der Waals surface area contributed by atoms with E-state index in [2.05, 4.69) is 26.1 Å². The van der Waals surface area contributed by atoms with Crippen LogP contribution in [-0.4, -0.2) is 13.1 Å². The molecule has 69 valence electrons. The molecule has 1 aliphatic rings. The van der Waals surface area contributed by atoms with E-state index in [0.29, 0.717) is 0 Å². The van der Waals surface area contributed by atoms with Crippen LogP contribution < -0.4 is 5.32 Å². The summed E-state index contributed by atoms with van der Waals surface area (Å²) >= 11 is 0. The third kappa shape index (κ3) is 3.85. The van der Waals surface area contributed by atoms with Gasteiger partial charge < -0.3 is 12.2 Å². The summed E-state index contributed by atoms with van der Waals surface area (Å²) in [4.78, 5) is 0. The maximum absolute atomic E-state index is 3.99. The van der Waals surface area contributed by atoms with E-state index in [9.17, 15) is 0 Å². The average molecular weight is 242 g/mol. The molecule has 1 aliphatic heterocycles. The standard InChI is InChI=1S/C10H19N.Y/c1-4-9(5-8(2)3)10-6-11-7-10;/h8-9,11H,1,4-7H2,2-3H3;/q-2;. The van der Waals surface area contributed by atoms with Crippen molar-refractivity contribution in [2.24, 2.45) is 11.8 Å². The van der Waals surface area contributed by atoms with E-state index >= 15 is 0 Å². The fraction of sp³-hybridized carbons (Fsp3) is 0.800. The molecule has 1 nitrogen and oxygen atoms in total. The van der Waals surface area contributed by atoms with Crippen LogP contribution in [0, 0.1) is 24.7 Å². The van der Waals surface area contributed by atoms with Crippen molar-refractivity contribution in [3.63, 3.8) is 0 Å². The number of rotatable bonds is 4. The van der Waals surface area contributed by atoms with Crippen LogP contribution in [0.4, 0.5) is 0 Å². The maximum Gasteiger partial charge on any atom is 0 e. The third-order valence-corrected chi connectivity index (χ3v) is 2.39. The molecule has 0 spiro atoms. The molecule has 1 rings (SSSR count). The molecule has 0 amide bonds. The normalized spacial score (nSPS) is 20.0. The summed E-state index contributed by atoms with van der Waals surface area (Å²) in [6.07, 6.45) is 2.40. The molecule has 0 saturated carbocycles. The van der Waals surface area contributed by atoms with Gasteiger partial charge in [0.25, 0.3) is 0 Å². The summed E-state index contributed by atoms with van der Waals surface area (Å²) in [5, 5.41) is 3.28. The third-order valence-electron chi connectivity index (χ3n) is 2.39. The first kappa shape index (κ1) is 13.1. The molecule has 0 aromatic carbocycles. The van der Waals surface area contributed by atoms with E-state index in [-0.39, 0.29) is 32.7 Å². The van der Waals surface area contributed by atoms with Gasteiger partial charge in [-0.25, -0.2) is 6.42 Å². The number of nitrogens with one attached hydrogen (secondary N) is 1. The molecule has 1 saturated heterocycles. The van der Waals surface area contributed by atoms with Crippen LogP contribution in [0.3, 0.4) is 0 Å². The van der Waals surface area contributed by atoms with Crippen molar-refractivity contribution < 1.29 is 32.7 Å². The van der Waals surface area contributed by atoms with Crippen LogP contribution in [0.25, 0.3) is 0 Å². The van der Waals surface area contributed by atoms with Crippen molar-refractivity contribution in [2.75, 3.05) is 13.1 Å². The van der Waals surface area contributed by atoms with Gasteiger partial charge in [0.1, 0.15) is 0 Å². The van der Waals surface area contributed by atoms with Gasteiger partial charge in [0, 0.05) is 32.7 Å². The molecule has 0 aliphatic carbocycles. The molecule has 12 heavy (non-hydrogen) atoms. The maximum atomic E-state index is 3.99. The second kappa shape index (κ2) is 6.51. The van der Waals surface area contributed by atoms with E-state index < -0.39 is 0 Å². The fourth-order valence-corrected chi connectivity index (χ4v) is 1.62. The van der Waals surface area contributed by atoms with Gasteiger partial charge in [-0.15, -0.1) is 13.1 Å². The molecule has 0 aromatic heterocycles. The van der Waals surface area contributed by atoms with Crippen LogP contribution in [0.15, 0.2) is 0 Å². The summed E-state index contributed by atoms with van der Waals surface area (Å²) in [6, 6.07) is 0. The minimum atomic E-state index is 0. The van der Waals surface area contributed by atoms with E-state index in [0.717, 1.165) is 31.3 Å². The van der Waals surface area contributed by atoms with E-state index in [1.807, 2.05) is 0 Å². The molecule has 1 fully saturated rings. The predicted octanol–water partition coefficient (Wildman–Crippen LogP) is 2.05. The quantitative estimate of drug-likeness (QED) is 0.744. The summed E-state index contributed by atoms with van der Waals surface area (Å²) in [7, 11) is 0. The van der Waals surface area contributed by atoms with Crippen LogP contribution in [0.1, 0.15) is 26.7 Å². The Morgan fingerprint density at radius 3 is 2.25 bits per heavy atom. The molecule has 2 heteroatoms. The van der Waals surface area contributed by atoms with Crippen molar-refractivity contribution >= 4 is 0 Å². The van der Waals surface area contributed by atoms with Crippen molar-refractivity contribution in [1.29, 1.82) is 0 Å². The Bertz CT molecular complexity index is 110. The Kier molecular flexibility index (Phi) is 7.08. The molecule has 1 N–H and O–H groups in total. The Morgan fingerprint density at radius 1 is 1.42 bits per heavy atom. The molecule has 1 radical (unpaired) electrons. The second-order valence-electron chi connectivity index (χ2n) is 3.88. The van der Waals surface area contributed by atoms with Gasteiger partial charge in [0.2, 0.25) is 0 Å². The first-order chi connectivity index (χ1) is 5.24. The van der Waals surface area contributed by atoms with Crippen LogP contribution in [-0.2, 0) is 32.7 Å². The van der Waals surface area contributed by atoms with Crippen LogP contribution in [0.2, 0.25) is 0 Å². The first-order valence-electron chi connectivity index (χ1n) is 4.58. The van der Waals surface area contributed by atoms with Gasteiger partial charge in [-0.2, -0.15) is 5.92 Å². The molecular formula is C10H19NY-2. The van der Waals surface area contributed by atoms with Crippen LogP contribution >= 0.6 is 0 Å². The largest absolute Gasteiger partial charge is 0.375 e. The van der Waals surface area contributed by atoms with Gasteiger partial charge in [-0.05, 0) is 5.92 Å². The fourth-order valence-electron chi connectivity index (χ4n) is 1.62. The van der Waals surface area contributed by atoms with Gasteiger partial charge in [0.15, 0.2) is 0 Å². The minimum absolute atomic E-state index is 0. The summed E-state index contributed by atoms with van der Waals surface area (Å²) in [5.74, 6) is 3.29. The predicted molar refractivity (Wildman–Crippen MR) is 49.0 cm³/mol. The SMILES string of the molecule is [CH2-]CC(CC(C)C)[C-]1CNC1.[Y]. The Labute approximate surface area is 102 Å². The van der Waals surface area contributed by atoms with E-state index in [4.69, 9.17) is 0 Å². The van der Waals surface area contributed by atoms with Gasteiger partial charge in [0.05, 0.1) is 0 Å². The summed E-state index contributed by atoms with van der Waals surface area (Å²) in [6.45, 7) is 10.9. The van der Waals surface area contributed by atoms with Gasteiger partial charge in [-0.3, -0.25) is 5.92 Å². The smallest absolute Gasteiger partial charge is 0 e. The molecular weight excluding hydrogens is 223 g/mol.